The van der Waals surface area contributed by atoms with Crippen molar-refractivity contribution in [2.24, 2.45) is 5.92 Å². The Morgan fingerprint density at radius 3 is 2.42 bits per heavy atom. The SMILES string of the molecule is CCN(CC)C(=O)C1(NC(=O)C2CCCN(C(=O)CCOc3ccccc3)C2)CCCCC1. The van der Waals surface area contributed by atoms with Crippen LogP contribution >= 0.6 is 0 Å². The quantitative estimate of drug-likeness (QED) is 0.617. The summed E-state index contributed by atoms with van der Waals surface area (Å²) in [7, 11) is 0. The Labute approximate surface area is 197 Å². The third-order valence-corrected chi connectivity index (χ3v) is 7.00. The lowest BCUT2D eigenvalue weighted by atomic mass is 9.79. The van der Waals surface area contributed by atoms with Gasteiger partial charge >= 0.3 is 0 Å². The molecule has 1 aromatic rings. The number of benzene rings is 1. The third-order valence-electron chi connectivity index (χ3n) is 7.00. The highest BCUT2D eigenvalue weighted by atomic mass is 16.5. The molecule has 33 heavy (non-hydrogen) atoms. The van der Waals surface area contributed by atoms with E-state index < -0.39 is 5.54 Å². The predicted molar refractivity (Wildman–Crippen MR) is 128 cm³/mol. The van der Waals surface area contributed by atoms with Crippen LogP contribution in [-0.2, 0) is 14.4 Å². The molecule has 1 atom stereocenters. The Morgan fingerprint density at radius 1 is 1.06 bits per heavy atom. The van der Waals surface area contributed by atoms with E-state index in [1.807, 2.05) is 49.1 Å². The minimum atomic E-state index is -0.794. The number of hydrogen-bond acceptors (Lipinski definition) is 4. The van der Waals surface area contributed by atoms with E-state index in [-0.39, 0.29) is 30.1 Å². The predicted octanol–water partition coefficient (Wildman–Crippen LogP) is 3.38. The zero-order valence-corrected chi connectivity index (χ0v) is 20.2. The Balaban J connectivity index is 1.57. The fourth-order valence-electron chi connectivity index (χ4n) is 5.05. The van der Waals surface area contributed by atoms with E-state index in [0.29, 0.717) is 45.6 Å². The number of hydrogen-bond donors (Lipinski definition) is 1. The van der Waals surface area contributed by atoms with Crippen LogP contribution in [0, 0.1) is 5.92 Å². The van der Waals surface area contributed by atoms with Crippen molar-refractivity contribution in [1.29, 1.82) is 0 Å². The van der Waals surface area contributed by atoms with Gasteiger partial charge in [0.1, 0.15) is 11.3 Å². The third kappa shape index (κ3) is 6.49. The molecule has 2 fully saturated rings. The molecule has 1 unspecified atom stereocenters. The molecule has 0 spiro atoms. The number of likely N-dealkylation sites (N-methyl/N-ethyl adjacent to an activating group) is 1. The van der Waals surface area contributed by atoms with Crippen molar-refractivity contribution in [3.63, 3.8) is 0 Å². The number of ether oxygens (including phenoxy) is 1. The smallest absolute Gasteiger partial charge is 0.248 e. The Bertz CT molecular complexity index is 788. The Hall–Kier alpha value is -2.57. The molecule has 1 saturated carbocycles. The molecule has 1 aliphatic carbocycles. The van der Waals surface area contributed by atoms with E-state index in [9.17, 15) is 14.4 Å². The van der Waals surface area contributed by atoms with Gasteiger partial charge in [-0.25, -0.2) is 0 Å². The van der Waals surface area contributed by atoms with Crippen molar-refractivity contribution in [3.8, 4) is 5.75 Å². The summed E-state index contributed by atoms with van der Waals surface area (Å²) in [5, 5.41) is 3.18. The first kappa shape index (κ1) is 25.1. The van der Waals surface area contributed by atoms with Gasteiger partial charge in [0.05, 0.1) is 18.9 Å². The topological polar surface area (TPSA) is 79.0 Å². The molecule has 3 amide bonds. The van der Waals surface area contributed by atoms with Crippen molar-refractivity contribution in [3.05, 3.63) is 30.3 Å². The van der Waals surface area contributed by atoms with Crippen LogP contribution in [0.2, 0.25) is 0 Å². The fraction of sp³-hybridized carbons (Fsp3) is 0.654. The number of likely N-dealkylation sites (tertiary alicyclic amines) is 1. The van der Waals surface area contributed by atoms with Crippen LogP contribution in [0.25, 0.3) is 0 Å². The number of para-hydroxylation sites is 1. The molecule has 182 valence electrons. The molecule has 7 nitrogen and oxygen atoms in total. The number of nitrogens with zero attached hydrogens (tertiary/aromatic N) is 2. The van der Waals surface area contributed by atoms with Crippen LogP contribution in [0.15, 0.2) is 30.3 Å². The summed E-state index contributed by atoms with van der Waals surface area (Å²) in [6.45, 7) is 6.63. The van der Waals surface area contributed by atoms with Crippen molar-refractivity contribution in [2.75, 3.05) is 32.8 Å². The average molecular weight is 458 g/mol. The lowest BCUT2D eigenvalue weighted by Crippen LogP contribution is -2.62. The highest BCUT2D eigenvalue weighted by Gasteiger charge is 2.44. The second-order valence-electron chi connectivity index (χ2n) is 9.20. The van der Waals surface area contributed by atoms with Gasteiger partial charge in [-0.15, -0.1) is 0 Å². The summed E-state index contributed by atoms with van der Waals surface area (Å²) in [5.41, 5.74) is -0.794. The number of carbonyl (C=O) groups excluding carboxylic acids is 3. The van der Waals surface area contributed by atoms with Crippen molar-refractivity contribution >= 4 is 17.7 Å². The Kier molecular flexibility index (Phi) is 9.15. The van der Waals surface area contributed by atoms with Gasteiger partial charge in [-0.1, -0.05) is 37.5 Å². The maximum atomic E-state index is 13.3. The molecule has 3 rings (SSSR count). The van der Waals surface area contributed by atoms with Crippen LogP contribution in [0.5, 0.6) is 5.75 Å². The first-order chi connectivity index (χ1) is 16.0. The highest BCUT2D eigenvalue weighted by molar-refractivity contribution is 5.92. The lowest BCUT2D eigenvalue weighted by molar-refractivity contribution is -0.145. The van der Waals surface area contributed by atoms with Crippen LogP contribution in [0.1, 0.15) is 65.2 Å². The molecule has 1 aliphatic heterocycles. The first-order valence-electron chi connectivity index (χ1n) is 12.6. The van der Waals surface area contributed by atoms with Gasteiger partial charge in [-0.3, -0.25) is 14.4 Å². The summed E-state index contributed by atoms with van der Waals surface area (Å²) in [5.74, 6) is 0.436. The van der Waals surface area contributed by atoms with Gasteiger partial charge in [0.2, 0.25) is 17.7 Å². The molecule has 0 aromatic heterocycles. The summed E-state index contributed by atoms with van der Waals surface area (Å²) < 4.78 is 5.66. The molecule has 2 aliphatic rings. The maximum Gasteiger partial charge on any atom is 0.248 e. The molecule has 1 heterocycles. The normalized spacial score (nSPS) is 20.1. The number of carbonyl (C=O) groups is 3. The van der Waals surface area contributed by atoms with Crippen LogP contribution in [0.4, 0.5) is 0 Å². The molecule has 0 bridgehead atoms. The van der Waals surface area contributed by atoms with E-state index in [4.69, 9.17) is 4.74 Å². The van der Waals surface area contributed by atoms with Gasteiger partial charge < -0.3 is 19.9 Å². The van der Waals surface area contributed by atoms with Gasteiger partial charge in [0, 0.05) is 26.2 Å². The minimum Gasteiger partial charge on any atom is -0.493 e. The summed E-state index contributed by atoms with van der Waals surface area (Å²) in [6, 6.07) is 9.45. The molecule has 7 heteroatoms. The largest absolute Gasteiger partial charge is 0.493 e. The van der Waals surface area contributed by atoms with Crippen molar-refractivity contribution < 1.29 is 19.1 Å². The van der Waals surface area contributed by atoms with E-state index in [1.54, 1.807) is 4.90 Å². The second kappa shape index (κ2) is 12.1. The van der Waals surface area contributed by atoms with Gasteiger partial charge in [-0.05, 0) is 51.7 Å². The minimum absolute atomic E-state index is 0.00929. The molecule has 1 aromatic carbocycles. The van der Waals surface area contributed by atoms with Gasteiger partial charge in [0.25, 0.3) is 0 Å². The van der Waals surface area contributed by atoms with Crippen LogP contribution in [-0.4, -0.2) is 65.8 Å². The molecule has 0 radical (unpaired) electrons. The molecular weight excluding hydrogens is 418 g/mol. The summed E-state index contributed by atoms with van der Waals surface area (Å²) in [4.78, 5) is 43.0. The standard InChI is InChI=1S/C26H39N3O4/c1-3-28(4-2)25(32)26(16-9-6-10-17-26)27-24(31)21-12-11-18-29(20-21)23(30)15-19-33-22-13-7-5-8-14-22/h5,7-8,13-14,21H,3-4,6,9-12,15-20H2,1-2H3,(H,27,31). The summed E-state index contributed by atoms with van der Waals surface area (Å²) in [6.07, 6.45) is 6.20. The van der Waals surface area contributed by atoms with E-state index >= 15 is 0 Å². The Morgan fingerprint density at radius 2 is 1.76 bits per heavy atom. The van der Waals surface area contributed by atoms with Crippen LogP contribution < -0.4 is 10.1 Å². The molecule has 1 N–H and O–H groups in total. The average Bonchev–Trinajstić information content (AvgIpc) is 2.86. The van der Waals surface area contributed by atoms with Gasteiger partial charge in [-0.2, -0.15) is 0 Å². The molecule has 1 saturated heterocycles. The van der Waals surface area contributed by atoms with Crippen molar-refractivity contribution in [2.45, 2.75) is 70.8 Å². The zero-order valence-electron chi connectivity index (χ0n) is 20.2. The molecular formula is C26H39N3O4. The zero-order chi connectivity index (χ0) is 23.7. The number of piperidine rings is 1. The van der Waals surface area contributed by atoms with Gasteiger partial charge in [0.15, 0.2) is 0 Å². The number of nitrogens with one attached hydrogen (secondary N) is 1. The van der Waals surface area contributed by atoms with Crippen LogP contribution in [0.3, 0.4) is 0 Å². The maximum absolute atomic E-state index is 13.3. The number of amides is 3. The second-order valence-corrected chi connectivity index (χ2v) is 9.20. The van der Waals surface area contributed by atoms with Crippen molar-refractivity contribution in [1.82, 2.24) is 15.1 Å². The first-order valence-corrected chi connectivity index (χ1v) is 12.6. The van der Waals surface area contributed by atoms with E-state index in [2.05, 4.69) is 5.32 Å². The highest BCUT2D eigenvalue weighted by Crippen LogP contribution is 2.31. The monoisotopic (exact) mass is 457 g/mol. The van der Waals surface area contributed by atoms with E-state index in [1.165, 1.54) is 0 Å². The lowest BCUT2D eigenvalue weighted by Gasteiger charge is -2.41. The summed E-state index contributed by atoms with van der Waals surface area (Å²) >= 11 is 0. The van der Waals surface area contributed by atoms with E-state index in [0.717, 1.165) is 37.9 Å². The fourth-order valence-corrected chi connectivity index (χ4v) is 5.05. The number of rotatable bonds is 9.